The molecule has 2 aromatic heterocycles. The van der Waals surface area contributed by atoms with Crippen molar-refractivity contribution in [2.75, 3.05) is 17.2 Å². The molecular formula is C26H29N5O5. The van der Waals surface area contributed by atoms with Gasteiger partial charge in [-0.05, 0) is 50.5 Å². The first-order chi connectivity index (χ1) is 17.2. The van der Waals surface area contributed by atoms with E-state index in [1.165, 1.54) is 6.26 Å². The second-order valence-electron chi connectivity index (χ2n) is 9.45. The van der Waals surface area contributed by atoms with Crippen LogP contribution in [0.4, 0.5) is 16.3 Å². The number of para-hydroxylation sites is 1. The fourth-order valence-electron chi connectivity index (χ4n) is 4.07. The van der Waals surface area contributed by atoms with Crippen LogP contribution in [0.15, 0.2) is 59.3 Å². The number of carbonyl (C=O) groups is 3. The standard InChI is InChI=1S/C26H29N5O5/c1-26(2,24(33)34)14-22-29-19(16-36-22)20-9-6-12-31(20)23(32)13-17-10-11-21(27-15-17)30-25(35)28-18-7-4-3-5-8-18/h3-5,7-8,10-11,15-16,20H,6,9,12-14H2,1-2H3,(H,33,34)(H2,27,28,30,35). The maximum Gasteiger partial charge on any atom is 0.324 e. The van der Waals surface area contributed by atoms with Crippen LogP contribution in [0, 0.1) is 5.41 Å². The van der Waals surface area contributed by atoms with E-state index in [1.807, 2.05) is 18.2 Å². The number of oxazole rings is 1. The predicted octanol–water partition coefficient (Wildman–Crippen LogP) is 4.27. The zero-order chi connectivity index (χ0) is 25.7. The van der Waals surface area contributed by atoms with E-state index in [0.29, 0.717) is 29.6 Å². The van der Waals surface area contributed by atoms with Gasteiger partial charge in [0.05, 0.1) is 17.9 Å². The zero-order valence-electron chi connectivity index (χ0n) is 20.2. The van der Waals surface area contributed by atoms with Gasteiger partial charge in [0, 0.05) is 24.8 Å². The maximum absolute atomic E-state index is 13.1. The lowest BCUT2D eigenvalue weighted by Gasteiger charge is -2.23. The number of nitrogens with one attached hydrogen (secondary N) is 2. The monoisotopic (exact) mass is 491 g/mol. The first-order valence-corrected chi connectivity index (χ1v) is 11.8. The van der Waals surface area contributed by atoms with E-state index in [2.05, 4.69) is 20.6 Å². The van der Waals surface area contributed by atoms with Gasteiger partial charge in [0.15, 0.2) is 5.89 Å². The highest BCUT2D eigenvalue weighted by atomic mass is 16.4. The summed E-state index contributed by atoms with van der Waals surface area (Å²) in [5.41, 5.74) is 1.04. The minimum atomic E-state index is -0.996. The van der Waals surface area contributed by atoms with Crippen molar-refractivity contribution in [1.29, 1.82) is 0 Å². The molecule has 0 aliphatic carbocycles. The van der Waals surface area contributed by atoms with E-state index in [0.717, 1.165) is 18.4 Å². The summed E-state index contributed by atoms with van der Waals surface area (Å²) in [7, 11) is 0. The molecule has 3 N–H and O–H groups in total. The summed E-state index contributed by atoms with van der Waals surface area (Å²) in [6.45, 7) is 3.85. The summed E-state index contributed by atoms with van der Waals surface area (Å²) in [4.78, 5) is 47.1. The molecule has 3 aromatic rings. The number of carboxylic acids is 1. The number of aromatic nitrogens is 2. The van der Waals surface area contributed by atoms with E-state index >= 15 is 0 Å². The number of carbonyl (C=O) groups excluding carboxylic acids is 2. The highest BCUT2D eigenvalue weighted by Crippen LogP contribution is 2.33. The lowest BCUT2D eigenvalue weighted by Crippen LogP contribution is -2.32. The topological polar surface area (TPSA) is 138 Å². The lowest BCUT2D eigenvalue weighted by atomic mass is 9.90. The van der Waals surface area contributed by atoms with Crippen molar-refractivity contribution in [2.24, 2.45) is 5.41 Å². The number of benzene rings is 1. The number of aliphatic carboxylic acids is 1. The molecule has 4 rings (SSSR count). The van der Waals surface area contributed by atoms with E-state index in [9.17, 15) is 19.5 Å². The molecule has 10 nitrogen and oxygen atoms in total. The Bertz CT molecular complexity index is 1220. The fraction of sp³-hybridized carbons (Fsp3) is 0.346. The summed E-state index contributed by atoms with van der Waals surface area (Å²) >= 11 is 0. The molecule has 3 heterocycles. The smallest absolute Gasteiger partial charge is 0.324 e. The van der Waals surface area contributed by atoms with E-state index < -0.39 is 17.4 Å². The Morgan fingerprint density at radius 2 is 1.92 bits per heavy atom. The van der Waals surface area contributed by atoms with Crippen LogP contribution in [0.1, 0.15) is 49.9 Å². The van der Waals surface area contributed by atoms with Gasteiger partial charge in [-0.1, -0.05) is 24.3 Å². The summed E-state index contributed by atoms with van der Waals surface area (Å²) in [5, 5.41) is 14.7. The third-order valence-electron chi connectivity index (χ3n) is 6.11. The van der Waals surface area contributed by atoms with E-state index in [1.54, 1.807) is 49.2 Å². The Labute approximate surface area is 208 Å². The average molecular weight is 492 g/mol. The number of urea groups is 1. The van der Waals surface area contributed by atoms with Gasteiger partial charge in [-0.2, -0.15) is 0 Å². The highest BCUT2D eigenvalue weighted by molar-refractivity contribution is 5.99. The van der Waals surface area contributed by atoms with Gasteiger partial charge in [0.2, 0.25) is 5.91 Å². The molecule has 3 amide bonds. The van der Waals surface area contributed by atoms with Crippen molar-refractivity contribution in [2.45, 2.75) is 45.6 Å². The molecule has 0 spiro atoms. The van der Waals surface area contributed by atoms with Crippen LogP contribution in [0.5, 0.6) is 0 Å². The second kappa shape index (κ2) is 10.6. The number of hydrogen-bond donors (Lipinski definition) is 3. The Morgan fingerprint density at radius 1 is 1.14 bits per heavy atom. The van der Waals surface area contributed by atoms with Crippen molar-refractivity contribution in [3.8, 4) is 0 Å². The van der Waals surface area contributed by atoms with Crippen LogP contribution in [-0.2, 0) is 22.4 Å². The van der Waals surface area contributed by atoms with Gasteiger partial charge in [-0.15, -0.1) is 0 Å². The molecule has 1 aliphatic heterocycles. The van der Waals surface area contributed by atoms with E-state index in [4.69, 9.17) is 4.42 Å². The minimum absolute atomic E-state index is 0.0581. The predicted molar refractivity (Wildman–Crippen MR) is 132 cm³/mol. The van der Waals surface area contributed by atoms with Crippen molar-refractivity contribution < 1.29 is 23.9 Å². The van der Waals surface area contributed by atoms with Crippen LogP contribution in [0.3, 0.4) is 0 Å². The molecule has 36 heavy (non-hydrogen) atoms. The Balaban J connectivity index is 1.34. The normalized spacial score (nSPS) is 15.5. The maximum atomic E-state index is 13.1. The first-order valence-electron chi connectivity index (χ1n) is 11.8. The Hall–Kier alpha value is -4.21. The Morgan fingerprint density at radius 3 is 2.61 bits per heavy atom. The molecule has 188 valence electrons. The molecular weight excluding hydrogens is 462 g/mol. The summed E-state index contributed by atoms with van der Waals surface area (Å²) < 4.78 is 5.53. The molecule has 0 saturated carbocycles. The van der Waals surface area contributed by atoms with Crippen molar-refractivity contribution in [3.63, 3.8) is 0 Å². The third kappa shape index (κ3) is 6.07. The van der Waals surface area contributed by atoms with Crippen molar-refractivity contribution in [3.05, 3.63) is 72.1 Å². The molecule has 1 atom stereocenters. The largest absolute Gasteiger partial charge is 0.481 e. The highest BCUT2D eigenvalue weighted by Gasteiger charge is 2.34. The Kier molecular flexibility index (Phi) is 7.33. The first kappa shape index (κ1) is 24.9. The van der Waals surface area contributed by atoms with Crippen molar-refractivity contribution >= 4 is 29.4 Å². The van der Waals surface area contributed by atoms with Gasteiger partial charge in [-0.3, -0.25) is 14.9 Å². The average Bonchev–Trinajstić information content (AvgIpc) is 3.50. The van der Waals surface area contributed by atoms with Crippen molar-refractivity contribution in [1.82, 2.24) is 14.9 Å². The fourth-order valence-corrected chi connectivity index (χ4v) is 4.07. The van der Waals surface area contributed by atoms with Crippen LogP contribution < -0.4 is 10.6 Å². The van der Waals surface area contributed by atoms with Crippen LogP contribution in [0.2, 0.25) is 0 Å². The number of pyridine rings is 1. The molecule has 1 aromatic carbocycles. The van der Waals surface area contributed by atoms with Crippen LogP contribution in [0.25, 0.3) is 0 Å². The lowest BCUT2D eigenvalue weighted by molar-refractivity contribution is -0.147. The number of nitrogens with zero attached hydrogens (tertiary/aromatic N) is 3. The number of hydrogen-bond acceptors (Lipinski definition) is 6. The zero-order valence-corrected chi connectivity index (χ0v) is 20.2. The van der Waals surface area contributed by atoms with Crippen LogP contribution in [-0.4, -0.2) is 44.4 Å². The van der Waals surface area contributed by atoms with Gasteiger partial charge in [0.1, 0.15) is 17.8 Å². The number of carboxylic acid groups (broad SMARTS) is 1. The molecule has 0 bridgehead atoms. The molecule has 1 saturated heterocycles. The molecule has 10 heteroatoms. The van der Waals surface area contributed by atoms with E-state index in [-0.39, 0.29) is 24.8 Å². The summed E-state index contributed by atoms with van der Waals surface area (Å²) in [6, 6.07) is 11.9. The number of rotatable bonds is 8. The van der Waals surface area contributed by atoms with Gasteiger partial charge in [0.25, 0.3) is 0 Å². The SMILES string of the molecule is CC(C)(Cc1nc(C2CCCN2C(=O)Cc2ccc(NC(=O)Nc3ccccc3)nc2)co1)C(=O)O. The van der Waals surface area contributed by atoms with Crippen LogP contribution >= 0.6 is 0 Å². The number of likely N-dealkylation sites (tertiary alicyclic amines) is 1. The molecule has 0 radical (unpaired) electrons. The third-order valence-corrected chi connectivity index (χ3v) is 6.11. The number of anilines is 2. The second-order valence-corrected chi connectivity index (χ2v) is 9.45. The van der Waals surface area contributed by atoms with Gasteiger partial charge >= 0.3 is 12.0 Å². The molecule has 1 fully saturated rings. The quantitative estimate of drug-likeness (QED) is 0.428. The van der Waals surface area contributed by atoms with Gasteiger partial charge < -0.3 is 19.7 Å². The summed E-state index contributed by atoms with van der Waals surface area (Å²) in [6.07, 6.45) is 5.03. The summed E-state index contributed by atoms with van der Waals surface area (Å²) in [5.74, 6) is -0.262. The van der Waals surface area contributed by atoms with Gasteiger partial charge in [-0.25, -0.2) is 14.8 Å². The molecule has 1 unspecified atom stereocenters. The molecule has 1 aliphatic rings. The number of amides is 3. The minimum Gasteiger partial charge on any atom is -0.481 e.